The minimum atomic E-state index is 0. The van der Waals surface area contributed by atoms with Crippen molar-refractivity contribution >= 4 is 0 Å². The Bertz CT molecular complexity index is 216. The summed E-state index contributed by atoms with van der Waals surface area (Å²) in [7, 11) is 0. The van der Waals surface area contributed by atoms with Crippen molar-refractivity contribution in [1.82, 2.24) is 0 Å². The van der Waals surface area contributed by atoms with Gasteiger partial charge in [0.05, 0.1) is 0 Å². The van der Waals surface area contributed by atoms with Crippen molar-refractivity contribution in [2.75, 3.05) is 0 Å². The first-order valence-electron chi connectivity index (χ1n) is 5.00. The zero-order chi connectivity index (χ0) is 10.1. The SMILES string of the molecule is C=CC[C@H](C)c1ccccc1.CC.[HH]. The molecule has 0 heterocycles. The third-order valence-corrected chi connectivity index (χ3v) is 1.89. The molecule has 0 aliphatic carbocycles. The van der Waals surface area contributed by atoms with Gasteiger partial charge in [0.25, 0.3) is 0 Å². The number of allylic oxidation sites excluding steroid dienone is 1. The maximum atomic E-state index is 3.73. The molecule has 0 spiro atoms. The molecule has 0 unspecified atom stereocenters. The summed E-state index contributed by atoms with van der Waals surface area (Å²) in [6, 6.07) is 10.5. The van der Waals surface area contributed by atoms with E-state index in [2.05, 4.69) is 37.8 Å². The fourth-order valence-corrected chi connectivity index (χ4v) is 1.17. The van der Waals surface area contributed by atoms with Crippen molar-refractivity contribution in [3.05, 3.63) is 48.6 Å². The fourth-order valence-electron chi connectivity index (χ4n) is 1.17. The van der Waals surface area contributed by atoms with Gasteiger partial charge in [-0.3, -0.25) is 0 Å². The van der Waals surface area contributed by atoms with E-state index < -0.39 is 0 Å². The zero-order valence-corrected chi connectivity index (χ0v) is 8.96. The second-order valence-electron chi connectivity index (χ2n) is 2.84. The Morgan fingerprint density at radius 2 is 1.85 bits per heavy atom. The maximum Gasteiger partial charge on any atom is 0 e. The fraction of sp³-hybridized carbons (Fsp3) is 0.385. The van der Waals surface area contributed by atoms with Gasteiger partial charge >= 0.3 is 0 Å². The molecule has 0 fully saturated rings. The van der Waals surface area contributed by atoms with E-state index in [1.54, 1.807) is 0 Å². The minimum Gasteiger partial charge on any atom is -0.103 e. The van der Waals surface area contributed by atoms with Crippen LogP contribution >= 0.6 is 0 Å². The van der Waals surface area contributed by atoms with E-state index in [0.717, 1.165) is 6.42 Å². The van der Waals surface area contributed by atoms with Gasteiger partial charge in [0.15, 0.2) is 0 Å². The van der Waals surface area contributed by atoms with Gasteiger partial charge in [0.1, 0.15) is 0 Å². The van der Waals surface area contributed by atoms with Crippen LogP contribution in [0.25, 0.3) is 0 Å². The van der Waals surface area contributed by atoms with E-state index >= 15 is 0 Å². The minimum absolute atomic E-state index is 0. The van der Waals surface area contributed by atoms with Crippen molar-refractivity contribution in [2.45, 2.75) is 33.1 Å². The van der Waals surface area contributed by atoms with Crippen LogP contribution < -0.4 is 0 Å². The lowest BCUT2D eigenvalue weighted by Crippen LogP contribution is -1.89. The molecule has 0 amide bonds. The molecule has 1 atom stereocenters. The lowest BCUT2D eigenvalue weighted by Gasteiger charge is -2.07. The van der Waals surface area contributed by atoms with Gasteiger partial charge in [-0.25, -0.2) is 0 Å². The van der Waals surface area contributed by atoms with Crippen LogP contribution in [0, 0.1) is 0 Å². The van der Waals surface area contributed by atoms with Crippen molar-refractivity contribution in [2.24, 2.45) is 0 Å². The predicted octanol–water partition coefficient (Wildman–Crippen LogP) is 4.64. The molecular weight excluding hydrogens is 156 g/mol. The molecule has 13 heavy (non-hydrogen) atoms. The molecule has 74 valence electrons. The van der Waals surface area contributed by atoms with Crippen LogP contribution in [-0.4, -0.2) is 0 Å². The maximum absolute atomic E-state index is 3.73. The smallest absolute Gasteiger partial charge is 0 e. The quantitative estimate of drug-likeness (QED) is 0.591. The highest BCUT2D eigenvalue weighted by atomic mass is 14.0. The molecule has 0 aromatic heterocycles. The molecule has 1 aromatic carbocycles. The molecule has 0 saturated heterocycles. The molecule has 0 bridgehead atoms. The average Bonchev–Trinajstić information content (AvgIpc) is 2.23. The highest BCUT2D eigenvalue weighted by Gasteiger charge is 2.00. The highest BCUT2D eigenvalue weighted by molar-refractivity contribution is 5.19. The summed E-state index contributed by atoms with van der Waals surface area (Å²) in [5.41, 5.74) is 1.40. The monoisotopic (exact) mass is 178 g/mol. The van der Waals surface area contributed by atoms with Crippen LogP contribution in [0.5, 0.6) is 0 Å². The number of rotatable bonds is 3. The Labute approximate surface area is 83.8 Å². The topological polar surface area (TPSA) is 0 Å². The first kappa shape index (κ1) is 12.0. The molecule has 0 aliphatic rings. The Morgan fingerprint density at radius 1 is 1.31 bits per heavy atom. The Hall–Kier alpha value is -1.04. The zero-order valence-electron chi connectivity index (χ0n) is 8.96. The van der Waals surface area contributed by atoms with Crippen molar-refractivity contribution in [1.29, 1.82) is 0 Å². The summed E-state index contributed by atoms with van der Waals surface area (Å²) in [6.07, 6.45) is 3.03. The van der Waals surface area contributed by atoms with Gasteiger partial charge in [-0.2, -0.15) is 0 Å². The van der Waals surface area contributed by atoms with Gasteiger partial charge in [-0.15, -0.1) is 6.58 Å². The van der Waals surface area contributed by atoms with Gasteiger partial charge in [-0.05, 0) is 17.9 Å². The highest BCUT2D eigenvalue weighted by Crippen LogP contribution is 2.17. The molecule has 0 nitrogen and oxygen atoms in total. The van der Waals surface area contributed by atoms with Gasteiger partial charge in [-0.1, -0.05) is 57.2 Å². The Kier molecular flexibility index (Phi) is 6.99. The van der Waals surface area contributed by atoms with Gasteiger partial charge < -0.3 is 0 Å². The summed E-state index contributed by atoms with van der Waals surface area (Å²) in [6.45, 7) is 9.95. The summed E-state index contributed by atoms with van der Waals surface area (Å²) < 4.78 is 0. The summed E-state index contributed by atoms with van der Waals surface area (Å²) in [5, 5.41) is 0. The van der Waals surface area contributed by atoms with Gasteiger partial charge in [0, 0.05) is 1.43 Å². The predicted molar refractivity (Wildman–Crippen MR) is 63.1 cm³/mol. The van der Waals surface area contributed by atoms with Crippen molar-refractivity contribution in [3.8, 4) is 0 Å². The van der Waals surface area contributed by atoms with E-state index in [1.807, 2.05) is 26.0 Å². The Balaban J connectivity index is 0. The van der Waals surface area contributed by atoms with E-state index in [0.29, 0.717) is 5.92 Å². The summed E-state index contributed by atoms with van der Waals surface area (Å²) in [5.74, 6) is 0.605. The molecule has 1 aromatic rings. The van der Waals surface area contributed by atoms with Crippen LogP contribution in [0.15, 0.2) is 43.0 Å². The van der Waals surface area contributed by atoms with Crippen LogP contribution in [-0.2, 0) is 0 Å². The van der Waals surface area contributed by atoms with E-state index in [9.17, 15) is 0 Å². The third kappa shape index (κ3) is 4.51. The van der Waals surface area contributed by atoms with Crippen LogP contribution in [0.3, 0.4) is 0 Å². The van der Waals surface area contributed by atoms with Crippen molar-refractivity contribution < 1.29 is 1.43 Å². The summed E-state index contributed by atoms with van der Waals surface area (Å²) >= 11 is 0. The van der Waals surface area contributed by atoms with Crippen LogP contribution in [0.1, 0.15) is 40.1 Å². The number of hydrogen-bond acceptors (Lipinski definition) is 0. The van der Waals surface area contributed by atoms with E-state index in [4.69, 9.17) is 0 Å². The summed E-state index contributed by atoms with van der Waals surface area (Å²) in [4.78, 5) is 0. The molecule has 0 saturated carbocycles. The molecule has 0 heteroatoms. The van der Waals surface area contributed by atoms with Crippen molar-refractivity contribution in [3.63, 3.8) is 0 Å². The first-order chi connectivity index (χ1) is 6.34. The second kappa shape index (κ2) is 7.60. The van der Waals surface area contributed by atoms with E-state index in [-0.39, 0.29) is 1.43 Å². The number of hydrogen-bond donors (Lipinski definition) is 0. The molecule has 1 rings (SSSR count). The molecular formula is C13H22. The standard InChI is InChI=1S/C11H14.C2H6.H2/c1-3-7-10(2)11-8-5-4-6-9-11;1-2;/h3-6,8-10H,1,7H2,2H3;1-2H3;1H/t10-;;/m0../s1. The van der Waals surface area contributed by atoms with E-state index in [1.165, 1.54) is 5.56 Å². The Morgan fingerprint density at radius 3 is 2.31 bits per heavy atom. The lowest BCUT2D eigenvalue weighted by atomic mass is 9.98. The second-order valence-corrected chi connectivity index (χ2v) is 2.84. The largest absolute Gasteiger partial charge is 0.103 e. The molecule has 0 radical (unpaired) electrons. The molecule has 0 N–H and O–H groups in total. The normalized spacial score (nSPS) is 11.0. The first-order valence-corrected chi connectivity index (χ1v) is 5.00. The van der Waals surface area contributed by atoms with Gasteiger partial charge in [0.2, 0.25) is 0 Å². The van der Waals surface area contributed by atoms with Crippen LogP contribution in [0.2, 0.25) is 0 Å². The molecule has 0 aliphatic heterocycles. The van der Waals surface area contributed by atoms with Crippen LogP contribution in [0.4, 0.5) is 0 Å². The third-order valence-electron chi connectivity index (χ3n) is 1.89. The number of benzene rings is 1. The lowest BCUT2D eigenvalue weighted by molar-refractivity contribution is 0.782. The average molecular weight is 178 g/mol.